The van der Waals surface area contributed by atoms with Gasteiger partial charge < -0.3 is 9.64 Å². The Kier molecular flexibility index (Phi) is 6.07. The van der Waals surface area contributed by atoms with Gasteiger partial charge in [0.25, 0.3) is 5.91 Å². The van der Waals surface area contributed by atoms with E-state index < -0.39 is 5.60 Å². The largest absolute Gasteiger partial charge is 0.478 e. The van der Waals surface area contributed by atoms with Gasteiger partial charge in [-0.05, 0) is 52.0 Å². The first kappa shape index (κ1) is 18.5. The summed E-state index contributed by atoms with van der Waals surface area (Å²) < 4.78 is 6.38. The topological polar surface area (TPSA) is 54.5 Å². The summed E-state index contributed by atoms with van der Waals surface area (Å²) in [7, 11) is 0. The Morgan fingerprint density at radius 1 is 1.29 bits per heavy atom. The van der Waals surface area contributed by atoms with Crippen LogP contribution in [0.25, 0.3) is 0 Å². The summed E-state index contributed by atoms with van der Waals surface area (Å²) in [6.07, 6.45) is 1.50. The van der Waals surface area contributed by atoms with Crippen molar-refractivity contribution in [3.05, 3.63) is 34.8 Å². The predicted octanol–water partition coefficient (Wildman–Crippen LogP) is 4.44. The Hall–Kier alpha value is -1.79. The quantitative estimate of drug-likeness (QED) is 0.786. The van der Waals surface area contributed by atoms with Crippen LogP contribution in [0.1, 0.15) is 27.7 Å². The number of halogens is 1. The van der Waals surface area contributed by atoms with Crippen LogP contribution in [0, 0.1) is 0 Å². The van der Waals surface area contributed by atoms with E-state index >= 15 is 0 Å². The lowest BCUT2D eigenvalue weighted by molar-refractivity contribution is -0.128. The summed E-state index contributed by atoms with van der Waals surface area (Å²) in [6, 6.07) is 7.75. The molecule has 0 bridgehead atoms. The van der Waals surface area contributed by atoms with Gasteiger partial charge in [0.05, 0.1) is 6.20 Å². The highest BCUT2D eigenvalue weighted by atomic mass is 35.5. The van der Waals surface area contributed by atoms with Crippen molar-refractivity contribution in [3.63, 3.8) is 0 Å². The molecule has 1 N–H and O–H groups in total. The minimum Gasteiger partial charge on any atom is -0.478 e. The standard InChI is InChI=1S/C17H22ClN3O2S/c1-5-21(6-2)12-7-9-13(10-8-12)23-17(3,4)15(22)20-16-19-11-14(18)24-16/h7-11H,5-6H2,1-4H3,(H,19,20,22). The second-order valence-corrected chi connectivity index (χ2v) is 7.36. The van der Waals surface area contributed by atoms with Gasteiger partial charge in [-0.2, -0.15) is 0 Å². The van der Waals surface area contributed by atoms with E-state index in [1.165, 1.54) is 17.5 Å². The number of benzene rings is 1. The molecule has 1 heterocycles. The molecule has 0 fully saturated rings. The first-order valence-corrected chi connectivity index (χ1v) is 9.02. The van der Waals surface area contributed by atoms with Crippen LogP contribution in [-0.4, -0.2) is 29.6 Å². The second-order valence-electron chi connectivity index (χ2n) is 5.70. The SMILES string of the molecule is CCN(CC)c1ccc(OC(C)(C)C(=O)Nc2ncc(Cl)s2)cc1. The van der Waals surface area contributed by atoms with Gasteiger partial charge in [-0.3, -0.25) is 10.1 Å². The molecule has 7 heteroatoms. The minimum atomic E-state index is -1.03. The molecule has 1 amide bonds. The fourth-order valence-corrected chi connectivity index (χ4v) is 3.02. The van der Waals surface area contributed by atoms with E-state index in [1.807, 2.05) is 24.3 Å². The molecule has 1 aromatic heterocycles. The Labute approximate surface area is 151 Å². The van der Waals surface area contributed by atoms with Crippen LogP contribution in [-0.2, 0) is 4.79 Å². The molecule has 0 atom stereocenters. The number of nitrogens with one attached hydrogen (secondary N) is 1. The average Bonchev–Trinajstić information content (AvgIpc) is 2.95. The van der Waals surface area contributed by atoms with E-state index in [2.05, 4.69) is 29.0 Å². The Balaban J connectivity index is 2.03. The van der Waals surface area contributed by atoms with Crippen molar-refractivity contribution in [2.24, 2.45) is 0 Å². The second kappa shape index (κ2) is 7.85. The lowest BCUT2D eigenvalue weighted by atomic mass is 10.1. The highest BCUT2D eigenvalue weighted by molar-refractivity contribution is 7.19. The minimum absolute atomic E-state index is 0.277. The van der Waals surface area contributed by atoms with Crippen molar-refractivity contribution in [3.8, 4) is 5.75 Å². The highest BCUT2D eigenvalue weighted by Crippen LogP contribution is 2.26. The zero-order chi connectivity index (χ0) is 17.7. The lowest BCUT2D eigenvalue weighted by Gasteiger charge is -2.26. The average molecular weight is 368 g/mol. The molecule has 0 saturated heterocycles. The molecule has 2 aromatic rings. The monoisotopic (exact) mass is 367 g/mol. The fourth-order valence-electron chi connectivity index (χ4n) is 2.21. The van der Waals surface area contributed by atoms with Gasteiger partial charge in [0, 0.05) is 18.8 Å². The zero-order valence-electron chi connectivity index (χ0n) is 14.3. The molecular formula is C17H22ClN3O2S. The molecule has 130 valence electrons. The van der Waals surface area contributed by atoms with Gasteiger partial charge in [0.15, 0.2) is 10.7 Å². The number of hydrogen-bond acceptors (Lipinski definition) is 5. The van der Waals surface area contributed by atoms with E-state index in [0.29, 0.717) is 15.2 Å². The molecule has 0 saturated carbocycles. The van der Waals surface area contributed by atoms with Gasteiger partial charge >= 0.3 is 0 Å². The van der Waals surface area contributed by atoms with Crippen molar-refractivity contribution in [1.29, 1.82) is 0 Å². The molecule has 0 spiro atoms. The number of ether oxygens (including phenoxy) is 1. The molecular weight excluding hydrogens is 346 g/mol. The normalized spacial score (nSPS) is 11.2. The van der Waals surface area contributed by atoms with Crippen molar-refractivity contribution < 1.29 is 9.53 Å². The summed E-state index contributed by atoms with van der Waals surface area (Å²) in [5.74, 6) is 0.365. The van der Waals surface area contributed by atoms with Crippen LogP contribution in [0.3, 0.4) is 0 Å². The highest BCUT2D eigenvalue weighted by Gasteiger charge is 2.30. The third-order valence-electron chi connectivity index (χ3n) is 3.58. The van der Waals surface area contributed by atoms with E-state index in [1.54, 1.807) is 13.8 Å². The molecule has 0 aliphatic carbocycles. The van der Waals surface area contributed by atoms with Crippen LogP contribution >= 0.6 is 22.9 Å². The van der Waals surface area contributed by atoms with Crippen molar-refractivity contribution >= 4 is 39.7 Å². The van der Waals surface area contributed by atoms with Crippen molar-refractivity contribution in [1.82, 2.24) is 4.98 Å². The lowest BCUT2D eigenvalue weighted by Crippen LogP contribution is -2.42. The summed E-state index contributed by atoms with van der Waals surface area (Å²) in [4.78, 5) is 18.7. The van der Waals surface area contributed by atoms with Crippen molar-refractivity contribution in [2.45, 2.75) is 33.3 Å². The predicted molar refractivity (Wildman–Crippen MR) is 100 cm³/mol. The number of aromatic nitrogens is 1. The number of hydrogen-bond donors (Lipinski definition) is 1. The number of amides is 1. The van der Waals surface area contributed by atoms with Gasteiger partial charge in [0.1, 0.15) is 10.1 Å². The molecule has 2 rings (SSSR count). The maximum absolute atomic E-state index is 12.4. The van der Waals surface area contributed by atoms with Crippen LogP contribution in [0.2, 0.25) is 4.34 Å². The van der Waals surface area contributed by atoms with Crippen LogP contribution < -0.4 is 15.0 Å². The van der Waals surface area contributed by atoms with E-state index in [4.69, 9.17) is 16.3 Å². The molecule has 0 aliphatic rings. The van der Waals surface area contributed by atoms with Gasteiger partial charge in [-0.1, -0.05) is 22.9 Å². The third kappa shape index (κ3) is 4.61. The maximum atomic E-state index is 12.4. The molecule has 24 heavy (non-hydrogen) atoms. The Morgan fingerprint density at radius 2 is 1.92 bits per heavy atom. The molecule has 0 unspecified atom stereocenters. The van der Waals surface area contributed by atoms with Crippen LogP contribution in [0.15, 0.2) is 30.5 Å². The fraction of sp³-hybridized carbons (Fsp3) is 0.412. The van der Waals surface area contributed by atoms with Crippen LogP contribution in [0.5, 0.6) is 5.75 Å². The molecule has 1 aromatic carbocycles. The van der Waals surface area contributed by atoms with Gasteiger partial charge in [-0.25, -0.2) is 4.98 Å². The van der Waals surface area contributed by atoms with Crippen molar-refractivity contribution in [2.75, 3.05) is 23.3 Å². The summed E-state index contributed by atoms with van der Waals surface area (Å²) in [5, 5.41) is 3.18. The van der Waals surface area contributed by atoms with Crippen LogP contribution in [0.4, 0.5) is 10.8 Å². The van der Waals surface area contributed by atoms with E-state index in [0.717, 1.165) is 18.8 Å². The number of rotatable bonds is 7. The summed E-state index contributed by atoms with van der Waals surface area (Å²) in [5.41, 5.74) is 0.0986. The summed E-state index contributed by atoms with van der Waals surface area (Å²) >= 11 is 7.03. The Bertz CT molecular complexity index is 681. The number of thiazole rings is 1. The smallest absolute Gasteiger partial charge is 0.269 e. The first-order chi connectivity index (χ1) is 11.4. The summed E-state index contributed by atoms with van der Waals surface area (Å²) in [6.45, 7) is 9.56. The number of carbonyl (C=O) groups excluding carboxylic acids is 1. The van der Waals surface area contributed by atoms with Gasteiger partial charge in [0.2, 0.25) is 0 Å². The zero-order valence-corrected chi connectivity index (χ0v) is 15.9. The maximum Gasteiger partial charge on any atom is 0.269 e. The number of nitrogens with zero attached hydrogens (tertiary/aromatic N) is 2. The Morgan fingerprint density at radius 3 is 2.42 bits per heavy atom. The molecule has 0 radical (unpaired) electrons. The number of carbonyl (C=O) groups is 1. The van der Waals surface area contributed by atoms with E-state index in [9.17, 15) is 4.79 Å². The van der Waals surface area contributed by atoms with Gasteiger partial charge in [-0.15, -0.1) is 0 Å². The molecule has 5 nitrogen and oxygen atoms in total. The number of anilines is 2. The first-order valence-electron chi connectivity index (χ1n) is 7.82. The third-order valence-corrected chi connectivity index (χ3v) is 4.61. The molecule has 0 aliphatic heterocycles. The van der Waals surface area contributed by atoms with E-state index in [-0.39, 0.29) is 5.91 Å².